The van der Waals surface area contributed by atoms with Gasteiger partial charge in [-0.25, -0.2) is 0 Å². The zero-order valence-electron chi connectivity index (χ0n) is 8.69. The van der Waals surface area contributed by atoms with Crippen molar-refractivity contribution in [2.24, 2.45) is 0 Å². The van der Waals surface area contributed by atoms with Crippen LogP contribution in [0.4, 0.5) is 5.69 Å². The number of phenols is 1. The van der Waals surface area contributed by atoms with Gasteiger partial charge in [-0.2, -0.15) is 0 Å². The number of phenolic OH excluding ortho intramolecular Hbond substituents is 1. The summed E-state index contributed by atoms with van der Waals surface area (Å²) < 4.78 is 4.79. The molecule has 4 heteroatoms. The van der Waals surface area contributed by atoms with Crippen LogP contribution in [-0.2, 0) is 16.0 Å². The third kappa shape index (κ3) is 3.50. The van der Waals surface area contributed by atoms with E-state index >= 15 is 0 Å². The molecule has 0 saturated heterocycles. The van der Waals surface area contributed by atoms with Crippen LogP contribution in [0.5, 0.6) is 5.75 Å². The molecule has 0 atom stereocenters. The van der Waals surface area contributed by atoms with Gasteiger partial charge in [0.1, 0.15) is 5.75 Å². The molecule has 0 radical (unpaired) electrons. The van der Waals surface area contributed by atoms with E-state index in [4.69, 9.17) is 10.5 Å². The number of hydrogen-bond acceptors (Lipinski definition) is 4. The molecule has 0 amide bonds. The van der Waals surface area contributed by atoms with E-state index in [1.807, 2.05) is 0 Å². The van der Waals surface area contributed by atoms with Gasteiger partial charge in [-0.05, 0) is 31.0 Å². The molecular weight excluding hydrogens is 194 g/mol. The van der Waals surface area contributed by atoms with Crippen molar-refractivity contribution >= 4 is 11.7 Å². The fraction of sp³-hybridized carbons (Fsp3) is 0.364. The highest BCUT2D eigenvalue weighted by atomic mass is 16.5. The summed E-state index contributed by atoms with van der Waals surface area (Å²) in [6, 6.07) is 4.97. The number of hydrogen-bond donors (Lipinski definition) is 2. The minimum atomic E-state index is -0.228. The summed E-state index contributed by atoms with van der Waals surface area (Å²) in [4.78, 5) is 11.1. The zero-order chi connectivity index (χ0) is 11.3. The number of anilines is 1. The van der Waals surface area contributed by atoms with Crippen LogP contribution in [0.15, 0.2) is 18.2 Å². The summed E-state index contributed by atoms with van der Waals surface area (Å²) in [5.41, 5.74) is 6.66. The van der Waals surface area contributed by atoms with Gasteiger partial charge < -0.3 is 15.6 Å². The second kappa shape index (κ2) is 5.24. The fourth-order valence-electron chi connectivity index (χ4n) is 1.22. The summed E-state index contributed by atoms with van der Waals surface area (Å²) in [5, 5.41) is 9.33. The number of nitrogen functional groups attached to an aromatic ring is 1. The zero-order valence-corrected chi connectivity index (χ0v) is 8.69. The van der Waals surface area contributed by atoms with E-state index in [2.05, 4.69) is 0 Å². The molecule has 82 valence electrons. The Morgan fingerprint density at radius 3 is 2.87 bits per heavy atom. The van der Waals surface area contributed by atoms with Gasteiger partial charge in [-0.3, -0.25) is 4.79 Å². The molecule has 0 unspecified atom stereocenters. The number of carbonyl (C=O) groups is 1. The lowest BCUT2D eigenvalue weighted by Gasteiger charge is -2.04. The van der Waals surface area contributed by atoms with Crippen LogP contribution in [0, 0.1) is 0 Å². The maximum Gasteiger partial charge on any atom is 0.306 e. The summed E-state index contributed by atoms with van der Waals surface area (Å²) in [7, 11) is 0. The number of esters is 1. The van der Waals surface area contributed by atoms with Gasteiger partial charge in [-0.1, -0.05) is 6.07 Å². The minimum absolute atomic E-state index is 0.0522. The van der Waals surface area contributed by atoms with Crippen LogP contribution in [0.3, 0.4) is 0 Å². The molecule has 1 rings (SSSR count). The van der Waals surface area contributed by atoms with Gasteiger partial charge in [0, 0.05) is 6.42 Å². The molecule has 0 spiro atoms. The molecule has 15 heavy (non-hydrogen) atoms. The van der Waals surface area contributed by atoms with E-state index in [1.54, 1.807) is 25.1 Å². The lowest BCUT2D eigenvalue weighted by molar-refractivity contribution is -0.143. The number of rotatable bonds is 4. The highest BCUT2D eigenvalue weighted by Crippen LogP contribution is 2.21. The lowest BCUT2D eigenvalue weighted by atomic mass is 10.1. The first-order valence-corrected chi connectivity index (χ1v) is 4.86. The first-order chi connectivity index (χ1) is 7.13. The van der Waals surface area contributed by atoms with Crippen molar-refractivity contribution in [3.63, 3.8) is 0 Å². The molecule has 0 heterocycles. The van der Waals surface area contributed by atoms with Crippen LogP contribution >= 0.6 is 0 Å². The van der Waals surface area contributed by atoms with Crippen LogP contribution in [0.25, 0.3) is 0 Å². The van der Waals surface area contributed by atoms with E-state index in [1.165, 1.54) is 0 Å². The van der Waals surface area contributed by atoms with Gasteiger partial charge in [0.15, 0.2) is 0 Å². The Balaban J connectivity index is 2.51. The lowest BCUT2D eigenvalue weighted by Crippen LogP contribution is -2.05. The van der Waals surface area contributed by atoms with E-state index in [-0.39, 0.29) is 11.7 Å². The molecule has 1 aromatic carbocycles. The van der Waals surface area contributed by atoms with Crippen molar-refractivity contribution in [2.45, 2.75) is 19.8 Å². The molecule has 0 aliphatic carbocycles. The molecular formula is C11H15NO3. The number of nitrogens with two attached hydrogens (primary N) is 1. The largest absolute Gasteiger partial charge is 0.506 e. The number of ether oxygens (including phenoxy) is 1. The maximum absolute atomic E-state index is 11.1. The highest BCUT2D eigenvalue weighted by Gasteiger charge is 2.04. The van der Waals surface area contributed by atoms with Crippen molar-refractivity contribution in [1.82, 2.24) is 0 Å². The monoisotopic (exact) mass is 209 g/mol. The smallest absolute Gasteiger partial charge is 0.306 e. The third-order valence-electron chi connectivity index (χ3n) is 2.02. The Morgan fingerprint density at radius 1 is 1.53 bits per heavy atom. The second-order valence-corrected chi connectivity index (χ2v) is 3.20. The standard InChI is InChI=1S/C11H15NO3/c1-2-15-11(14)6-4-8-3-5-9(12)10(13)7-8/h3,5,7,13H,2,4,6,12H2,1H3. The molecule has 0 aliphatic rings. The van der Waals surface area contributed by atoms with Crippen molar-refractivity contribution in [1.29, 1.82) is 0 Å². The summed E-state index contributed by atoms with van der Waals surface area (Å²) in [6.07, 6.45) is 0.865. The summed E-state index contributed by atoms with van der Waals surface area (Å²) in [5.74, 6) is -0.176. The predicted octanol–water partition coefficient (Wildman–Crippen LogP) is 1.47. The Kier molecular flexibility index (Phi) is 3.97. The maximum atomic E-state index is 11.1. The number of carbonyl (C=O) groups excluding carboxylic acids is 1. The molecule has 3 N–H and O–H groups in total. The number of aromatic hydroxyl groups is 1. The first kappa shape index (κ1) is 11.4. The number of aryl methyl sites for hydroxylation is 1. The topological polar surface area (TPSA) is 72.5 Å². The van der Waals surface area contributed by atoms with Crippen molar-refractivity contribution in [3.05, 3.63) is 23.8 Å². The van der Waals surface area contributed by atoms with Gasteiger partial charge >= 0.3 is 5.97 Å². The van der Waals surface area contributed by atoms with Crippen molar-refractivity contribution < 1.29 is 14.6 Å². The third-order valence-corrected chi connectivity index (χ3v) is 2.02. The normalized spacial score (nSPS) is 9.93. The van der Waals surface area contributed by atoms with Crippen LogP contribution < -0.4 is 5.73 Å². The van der Waals surface area contributed by atoms with Gasteiger partial charge in [0.25, 0.3) is 0 Å². The van der Waals surface area contributed by atoms with E-state index in [9.17, 15) is 9.90 Å². The predicted molar refractivity (Wildman–Crippen MR) is 57.5 cm³/mol. The summed E-state index contributed by atoms with van der Waals surface area (Å²) >= 11 is 0. The average Bonchev–Trinajstić information content (AvgIpc) is 2.20. The van der Waals surface area contributed by atoms with Crippen molar-refractivity contribution in [2.75, 3.05) is 12.3 Å². The molecule has 4 nitrogen and oxygen atoms in total. The van der Waals surface area contributed by atoms with Crippen LogP contribution in [0.1, 0.15) is 18.9 Å². The van der Waals surface area contributed by atoms with Gasteiger partial charge in [0.2, 0.25) is 0 Å². The Bertz CT molecular complexity index is 350. The summed E-state index contributed by atoms with van der Waals surface area (Å²) in [6.45, 7) is 2.17. The molecule has 0 bridgehead atoms. The minimum Gasteiger partial charge on any atom is -0.506 e. The quantitative estimate of drug-likeness (QED) is 0.447. The molecule has 1 aromatic rings. The number of benzene rings is 1. The fourth-order valence-corrected chi connectivity index (χ4v) is 1.22. The Labute approximate surface area is 88.7 Å². The van der Waals surface area contributed by atoms with Gasteiger partial charge in [-0.15, -0.1) is 0 Å². The molecule has 0 fully saturated rings. The second-order valence-electron chi connectivity index (χ2n) is 3.20. The molecule has 0 aromatic heterocycles. The SMILES string of the molecule is CCOC(=O)CCc1ccc(N)c(O)c1. The molecule has 0 saturated carbocycles. The molecule has 0 aliphatic heterocycles. The van der Waals surface area contributed by atoms with E-state index in [0.29, 0.717) is 25.1 Å². The van der Waals surface area contributed by atoms with E-state index < -0.39 is 0 Å². The van der Waals surface area contributed by atoms with Crippen molar-refractivity contribution in [3.8, 4) is 5.75 Å². The first-order valence-electron chi connectivity index (χ1n) is 4.86. The Hall–Kier alpha value is -1.71. The van der Waals surface area contributed by atoms with Gasteiger partial charge in [0.05, 0.1) is 12.3 Å². The highest BCUT2D eigenvalue weighted by molar-refractivity contribution is 5.69. The van der Waals surface area contributed by atoms with Crippen LogP contribution in [0.2, 0.25) is 0 Å². The average molecular weight is 209 g/mol. The van der Waals surface area contributed by atoms with E-state index in [0.717, 1.165) is 5.56 Å². The Morgan fingerprint density at radius 2 is 2.27 bits per heavy atom. The van der Waals surface area contributed by atoms with Crippen LogP contribution in [-0.4, -0.2) is 17.7 Å².